The monoisotopic (exact) mass is 315 g/mol. The molecule has 0 saturated carbocycles. The van der Waals surface area contributed by atoms with Gasteiger partial charge in [0.15, 0.2) is 0 Å². The fourth-order valence-electron chi connectivity index (χ4n) is 2.37. The Kier molecular flexibility index (Phi) is 9.42. The Morgan fingerprint density at radius 3 is 1.73 bits per heavy atom. The molecule has 0 bridgehead atoms. The summed E-state index contributed by atoms with van der Waals surface area (Å²) < 4.78 is 4.73. The van der Waals surface area contributed by atoms with E-state index in [1.165, 1.54) is 13.0 Å². The van der Waals surface area contributed by atoms with Crippen LogP contribution < -0.4 is 0 Å². The fourth-order valence-corrected chi connectivity index (χ4v) is 8.52. The third-order valence-corrected chi connectivity index (χ3v) is 13.6. The molecule has 0 radical (unpaired) electrons. The SMILES string of the molecule is C[CH2][In]([CH2]C)[CH2]CCN(C(C)C)C(C)C. The zero-order chi connectivity index (χ0) is 11.8. The van der Waals surface area contributed by atoms with Gasteiger partial charge in [0, 0.05) is 0 Å². The summed E-state index contributed by atoms with van der Waals surface area (Å²) in [5.41, 5.74) is 0. The Balaban J connectivity index is 3.80. The fraction of sp³-hybridized carbons (Fsp3) is 1.00. The molecular weight excluding hydrogens is 285 g/mol. The molecule has 0 atom stereocenters. The van der Waals surface area contributed by atoms with Crippen LogP contribution in [0.4, 0.5) is 0 Å². The van der Waals surface area contributed by atoms with Gasteiger partial charge in [0.2, 0.25) is 0 Å². The standard InChI is InChI=1S/C9H20N.2C2H5.In/c1-6-7-10(8(2)3)9(4)5;2*1-2;/h8-9H,1,6-7H2,2-5H3;2*1H2,2H3;. The summed E-state index contributed by atoms with van der Waals surface area (Å²) in [7, 11) is 0. The van der Waals surface area contributed by atoms with Gasteiger partial charge in [0.1, 0.15) is 0 Å². The maximum atomic E-state index is 2.63. The first kappa shape index (κ1) is 15.8. The van der Waals surface area contributed by atoms with Crippen molar-refractivity contribution in [1.29, 1.82) is 0 Å². The predicted molar refractivity (Wildman–Crippen MR) is 73.1 cm³/mol. The van der Waals surface area contributed by atoms with Crippen molar-refractivity contribution in [2.75, 3.05) is 6.54 Å². The first-order valence-corrected chi connectivity index (χ1v) is 13.8. The van der Waals surface area contributed by atoms with Crippen molar-refractivity contribution in [3.63, 3.8) is 0 Å². The molecule has 1 nitrogen and oxygen atoms in total. The van der Waals surface area contributed by atoms with Gasteiger partial charge in [0.05, 0.1) is 0 Å². The van der Waals surface area contributed by atoms with Crippen LogP contribution in [0.2, 0.25) is 12.5 Å². The summed E-state index contributed by atoms with van der Waals surface area (Å²) in [5, 5.41) is 0. The van der Waals surface area contributed by atoms with Gasteiger partial charge in [-0.1, -0.05) is 0 Å². The van der Waals surface area contributed by atoms with Crippen LogP contribution in [0.1, 0.15) is 48.0 Å². The van der Waals surface area contributed by atoms with E-state index in [0.29, 0.717) is 12.1 Å². The van der Waals surface area contributed by atoms with Crippen molar-refractivity contribution in [2.45, 2.75) is 72.6 Å². The van der Waals surface area contributed by atoms with E-state index in [0.717, 1.165) is 0 Å². The Morgan fingerprint density at radius 1 is 0.933 bits per heavy atom. The Hall–Kier alpha value is 0.830. The second kappa shape index (κ2) is 8.92. The Morgan fingerprint density at radius 2 is 1.40 bits per heavy atom. The molecule has 0 amide bonds. The molecular formula is C13H30InN. The van der Waals surface area contributed by atoms with Gasteiger partial charge in [-0.25, -0.2) is 0 Å². The first-order chi connectivity index (χ1) is 7.02. The van der Waals surface area contributed by atoms with Crippen LogP contribution in [0.5, 0.6) is 0 Å². The summed E-state index contributed by atoms with van der Waals surface area (Å²) in [6, 6.07) is 1.42. The number of hydrogen-bond donors (Lipinski definition) is 0. The van der Waals surface area contributed by atoms with Crippen molar-refractivity contribution in [2.24, 2.45) is 0 Å². The zero-order valence-corrected chi connectivity index (χ0v) is 15.0. The summed E-state index contributed by atoms with van der Waals surface area (Å²) in [4.78, 5) is 2.63. The van der Waals surface area contributed by atoms with Gasteiger partial charge in [-0.15, -0.1) is 0 Å². The van der Waals surface area contributed by atoms with Crippen LogP contribution in [-0.4, -0.2) is 45.0 Å². The van der Waals surface area contributed by atoms with Crippen LogP contribution >= 0.6 is 0 Å². The van der Waals surface area contributed by atoms with Gasteiger partial charge < -0.3 is 0 Å². The average Bonchev–Trinajstić information content (AvgIpc) is 2.17. The molecule has 0 aromatic heterocycles. The first-order valence-electron chi connectivity index (χ1n) is 6.78. The van der Waals surface area contributed by atoms with E-state index in [2.05, 4.69) is 46.4 Å². The average molecular weight is 315 g/mol. The maximum absolute atomic E-state index is 2.63. The minimum absolute atomic E-state index is 0.710. The predicted octanol–water partition coefficient (Wildman–Crippen LogP) is 4.03. The van der Waals surface area contributed by atoms with Crippen molar-refractivity contribution in [1.82, 2.24) is 4.90 Å². The van der Waals surface area contributed by atoms with Crippen LogP contribution in [0, 0.1) is 0 Å². The van der Waals surface area contributed by atoms with Gasteiger partial charge in [-0.2, -0.15) is 0 Å². The molecule has 0 heterocycles. The van der Waals surface area contributed by atoms with E-state index in [4.69, 9.17) is 0 Å². The molecule has 0 fully saturated rings. The van der Waals surface area contributed by atoms with Gasteiger partial charge >= 0.3 is 105 Å². The van der Waals surface area contributed by atoms with Crippen molar-refractivity contribution < 1.29 is 0 Å². The quantitative estimate of drug-likeness (QED) is 0.654. The summed E-state index contributed by atoms with van der Waals surface area (Å²) in [6.45, 7) is 15.4. The number of rotatable bonds is 8. The van der Waals surface area contributed by atoms with Gasteiger partial charge in [0.25, 0.3) is 0 Å². The zero-order valence-electron chi connectivity index (χ0n) is 11.7. The second-order valence-electron chi connectivity index (χ2n) is 5.25. The van der Waals surface area contributed by atoms with Crippen molar-refractivity contribution in [3.8, 4) is 0 Å². The summed E-state index contributed by atoms with van der Waals surface area (Å²) in [5.74, 6) is 0. The minimum atomic E-state index is -1.00. The second-order valence-corrected chi connectivity index (χ2v) is 16.5. The van der Waals surface area contributed by atoms with Crippen molar-refractivity contribution in [3.05, 3.63) is 0 Å². The molecule has 0 aromatic carbocycles. The molecule has 0 aliphatic rings. The number of hydrogen-bond acceptors (Lipinski definition) is 1. The van der Waals surface area contributed by atoms with Crippen LogP contribution in [-0.2, 0) is 0 Å². The molecule has 0 aliphatic heterocycles. The molecule has 0 aliphatic carbocycles. The van der Waals surface area contributed by atoms with E-state index < -0.39 is 21.4 Å². The third-order valence-electron chi connectivity index (χ3n) is 3.51. The van der Waals surface area contributed by atoms with Gasteiger partial charge in [-0.3, -0.25) is 0 Å². The molecule has 15 heavy (non-hydrogen) atoms. The Bertz CT molecular complexity index is 133. The molecule has 0 saturated heterocycles. The molecule has 2 heteroatoms. The van der Waals surface area contributed by atoms with E-state index in [9.17, 15) is 0 Å². The van der Waals surface area contributed by atoms with Crippen LogP contribution in [0.15, 0.2) is 0 Å². The molecule has 0 aromatic rings. The van der Waals surface area contributed by atoms with Crippen LogP contribution in [0.25, 0.3) is 0 Å². The molecule has 0 rings (SSSR count). The molecule has 90 valence electrons. The molecule has 0 N–H and O–H groups in total. The van der Waals surface area contributed by atoms with E-state index in [-0.39, 0.29) is 0 Å². The molecule has 0 unspecified atom stereocenters. The third kappa shape index (κ3) is 6.88. The normalized spacial score (nSPS) is 11.8. The van der Waals surface area contributed by atoms with E-state index >= 15 is 0 Å². The van der Waals surface area contributed by atoms with Crippen molar-refractivity contribution >= 4 is 21.4 Å². The van der Waals surface area contributed by atoms with Gasteiger partial charge in [-0.05, 0) is 0 Å². The summed E-state index contributed by atoms with van der Waals surface area (Å²) in [6.07, 6.45) is 1.46. The van der Waals surface area contributed by atoms with Crippen LogP contribution in [0.3, 0.4) is 0 Å². The number of nitrogens with zero attached hydrogens (tertiary/aromatic N) is 1. The van der Waals surface area contributed by atoms with E-state index in [1.807, 2.05) is 0 Å². The molecule has 0 spiro atoms. The summed E-state index contributed by atoms with van der Waals surface area (Å²) >= 11 is -1.00. The Labute approximate surface area is 105 Å². The topological polar surface area (TPSA) is 3.24 Å². The van der Waals surface area contributed by atoms with E-state index in [1.54, 1.807) is 12.5 Å².